The van der Waals surface area contributed by atoms with E-state index in [4.69, 9.17) is 4.74 Å². The van der Waals surface area contributed by atoms with E-state index in [0.29, 0.717) is 12.4 Å². The van der Waals surface area contributed by atoms with Crippen LogP contribution >= 0.6 is 0 Å². The van der Waals surface area contributed by atoms with Crippen LogP contribution < -0.4 is 4.74 Å². The molecule has 0 spiro atoms. The number of ether oxygens (including phenoxy) is 1. The molecule has 2 aliphatic heterocycles. The average molecular weight is 491 g/mol. The Morgan fingerprint density at radius 3 is 2.50 bits per heavy atom. The van der Waals surface area contributed by atoms with Crippen LogP contribution in [0.5, 0.6) is 11.5 Å². The van der Waals surface area contributed by atoms with Gasteiger partial charge < -0.3 is 15.0 Å². The average Bonchev–Trinajstić information content (AvgIpc) is 3.07. The molecule has 0 N–H and O–H groups in total. The summed E-state index contributed by atoms with van der Waals surface area (Å²) in [6, 6.07) is 17.1. The number of azo groups is 1. The summed E-state index contributed by atoms with van der Waals surface area (Å²) in [5, 5.41) is 12.8. The Labute approximate surface area is 153 Å². The zero-order valence-corrected chi connectivity index (χ0v) is 15.4. The number of para-hydroxylation sites is 1. The molecule has 0 aliphatic carbocycles. The van der Waals surface area contributed by atoms with Crippen molar-refractivity contribution < 1.29 is 25.2 Å². The maximum absolute atomic E-state index is 5.77. The van der Waals surface area contributed by atoms with Crippen molar-refractivity contribution in [2.24, 2.45) is 20.2 Å². The first-order chi connectivity index (χ1) is 11.4. The van der Waals surface area contributed by atoms with E-state index in [1.165, 1.54) is 0 Å². The van der Waals surface area contributed by atoms with Crippen molar-refractivity contribution in [2.45, 2.75) is 12.1 Å². The van der Waals surface area contributed by atoms with E-state index >= 15 is 0 Å². The second-order valence-corrected chi connectivity index (χ2v) is 5.22. The normalized spacial score (nSPS) is 20.8. The maximum Gasteiger partial charge on any atom is 0.127 e. The fourth-order valence-corrected chi connectivity index (χ4v) is 2.44. The van der Waals surface area contributed by atoms with Crippen LogP contribution in [0, 0.1) is 0 Å². The fraction of sp³-hybridized carbons (Fsp3) is 0.176. The summed E-state index contributed by atoms with van der Waals surface area (Å²) in [5.74, 6) is 2.22. The van der Waals surface area contributed by atoms with Gasteiger partial charge in [0.25, 0.3) is 0 Å². The Balaban J connectivity index is 0.00000169. The smallest absolute Gasteiger partial charge is 0.127 e. The first-order valence-electron chi connectivity index (χ1n) is 7.39. The van der Waals surface area contributed by atoms with Crippen molar-refractivity contribution >= 4 is 17.9 Å². The van der Waals surface area contributed by atoms with Crippen LogP contribution in [0.15, 0.2) is 74.8 Å². The predicted octanol–water partition coefficient (Wildman–Crippen LogP) is 4.13. The molecule has 0 saturated carbocycles. The van der Waals surface area contributed by atoms with Crippen molar-refractivity contribution in [3.8, 4) is 11.5 Å². The molecule has 24 heavy (non-hydrogen) atoms. The zero-order valence-electron chi connectivity index (χ0n) is 12.7. The number of benzene rings is 2. The molecule has 121 valence electrons. The molecule has 0 bridgehead atoms. The standard InChI is InChI=1S/C17H14N5O.Re/c1-2-4-13(5-3-1)23-14-8-6-12(7-9-14)21-17-16-15(10-20-22-16)18-11-19-17;/h1-9,11,15-16H,10H2;/q-1;. The van der Waals surface area contributed by atoms with Gasteiger partial charge in [-0.05, 0) is 30.0 Å². The van der Waals surface area contributed by atoms with Gasteiger partial charge in [0, 0.05) is 26.8 Å². The second-order valence-electron chi connectivity index (χ2n) is 5.22. The Morgan fingerprint density at radius 1 is 0.958 bits per heavy atom. The van der Waals surface area contributed by atoms with Gasteiger partial charge in [-0.1, -0.05) is 36.2 Å². The Kier molecular flexibility index (Phi) is 5.14. The van der Waals surface area contributed by atoms with Crippen LogP contribution in [0.4, 0.5) is 5.69 Å². The number of nitrogens with zero attached hydrogens (tertiary/aromatic N) is 5. The quantitative estimate of drug-likeness (QED) is 0.638. The molecule has 2 unspecified atom stereocenters. The number of hydrogen-bond donors (Lipinski definition) is 0. The maximum atomic E-state index is 5.77. The summed E-state index contributed by atoms with van der Waals surface area (Å²) in [7, 11) is 0. The third-order valence-corrected chi connectivity index (χ3v) is 3.61. The van der Waals surface area contributed by atoms with Gasteiger partial charge in [0.2, 0.25) is 0 Å². The molecule has 0 saturated heterocycles. The van der Waals surface area contributed by atoms with Crippen molar-refractivity contribution in [1.29, 1.82) is 0 Å². The summed E-state index contributed by atoms with van der Waals surface area (Å²) in [6.07, 6.45) is 1.54. The topological polar surface area (TPSA) is 72.8 Å². The molecule has 0 aromatic heterocycles. The van der Waals surface area contributed by atoms with E-state index in [9.17, 15) is 0 Å². The van der Waals surface area contributed by atoms with Crippen molar-refractivity contribution in [3.05, 3.63) is 59.9 Å². The van der Waals surface area contributed by atoms with E-state index in [1.807, 2.05) is 54.6 Å². The van der Waals surface area contributed by atoms with Crippen molar-refractivity contribution in [1.82, 2.24) is 0 Å². The monoisotopic (exact) mass is 491 g/mol. The molecule has 0 fully saturated rings. The van der Waals surface area contributed by atoms with Gasteiger partial charge in [-0.15, -0.1) is 0 Å². The molecular weight excluding hydrogens is 476 g/mol. The second kappa shape index (κ2) is 7.47. The van der Waals surface area contributed by atoms with Gasteiger partial charge >= 0.3 is 0 Å². The Morgan fingerprint density at radius 2 is 1.71 bits per heavy atom. The Hall–Kier alpha value is -2.36. The summed E-state index contributed by atoms with van der Waals surface area (Å²) < 4.78 is 5.77. The summed E-state index contributed by atoms with van der Waals surface area (Å²) in [6.45, 7) is 0.611. The minimum absolute atomic E-state index is 0. The number of hydrogen-bond acceptors (Lipinski definition) is 5. The molecule has 1 radical (unpaired) electrons. The van der Waals surface area contributed by atoms with Gasteiger partial charge in [-0.3, -0.25) is 4.99 Å². The van der Waals surface area contributed by atoms with Crippen LogP contribution in [0.25, 0.3) is 5.32 Å². The summed E-state index contributed by atoms with van der Waals surface area (Å²) in [4.78, 5) is 8.50. The largest absolute Gasteiger partial charge is 0.457 e. The first kappa shape index (κ1) is 16.5. The predicted molar refractivity (Wildman–Crippen MR) is 89.2 cm³/mol. The van der Waals surface area contributed by atoms with E-state index in [1.54, 1.807) is 6.34 Å². The molecule has 2 aromatic rings. The number of aliphatic imine (C=N–C) groups is 2. The fourth-order valence-electron chi connectivity index (χ4n) is 2.44. The summed E-state index contributed by atoms with van der Waals surface area (Å²) in [5.41, 5.74) is 0.806. The van der Waals surface area contributed by atoms with Crippen LogP contribution in [-0.4, -0.2) is 30.8 Å². The molecule has 2 aromatic carbocycles. The van der Waals surface area contributed by atoms with Crippen LogP contribution in [-0.2, 0) is 20.4 Å². The van der Waals surface area contributed by atoms with Crippen molar-refractivity contribution in [2.75, 3.05) is 6.54 Å². The third-order valence-electron chi connectivity index (χ3n) is 3.61. The minimum Gasteiger partial charge on any atom is -0.457 e. The molecular formula is C17H14N5ORe-. The summed E-state index contributed by atoms with van der Waals surface area (Å²) >= 11 is 0. The molecule has 2 heterocycles. The van der Waals surface area contributed by atoms with E-state index < -0.39 is 0 Å². The molecule has 4 rings (SSSR count). The number of rotatable bonds is 3. The van der Waals surface area contributed by atoms with Gasteiger partial charge in [0.05, 0.1) is 12.6 Å². The zero-order chi connectivity index (χ0) is 15.5. The SMILES string of the molecule is C1=NC2CN=NC2C([N-]c2ccc(Oc3ccccc3)cc2)=N1.[Re]. The minimum atomic E-state index is -0.153. The van der Waals surface area contributed by atoms with Crippen LogP contribution in [0.1, 0.15) is 0 Å². The van der Waals surface area contributed by atoms with Gasteiger partial charge in [0.15, 0.2) is 0 Å². The van der Waals surface area contributed by atoms with E-state index in [2.05, 4.69) is 25.5 Å². The molecule has 6 nitrogen and oxygen atoms in total. The number of amidine groups is 1. The Bertz CT molecular complexity index is 773. The molecule has 7 heteroatoms. The van der Waals surface area contributed by atoms with Gasteiger partial charge in [0.1, 0.15) is 17.5 Å². The third kappa shape index (κ3) is 3.58. The molecule has 2 atom stereocenters. The van der Waals surface area contributed by atoms with E-state index in [-0.39, 0.29) is 32.5 Å². The van der Waals surface area contributed by atoms with E-state index in [0.717, 1.165) is 17.2 Å². The van der Waals surface area contributed by atoms with Gasteiger partial charge in [-0.2, -0.15) is 10.2 Å². The van der Waals surface area contributed by atoms with Crippen LogP contribution in [0.2, 0.25) is 0 Å². The first-order valence-corrected chi connectivity index (χ1v) is 7.39. The van der Waals surface area contributed by atoms with Crippen LogP contribution in [0.3, 0.4) is 0 Å². The molecule has 0 amide bonds. The molecule has 2 aliphatic rings. The van der Waals surface area contributed by atoms with Crippen molar-refractivity contribution in [3.63, 3.8) is 0 Å². The van der Waals surface area contributed by atoms with Gasteiger partial charge in [-0.25, -0.2) is 0 Å². The number of fused-ring (bicyclic) bond motifs is 1.